The normalized spacial score (nSPS) is 9.85. The average Bonchev–Trinajstić information content (AvgIpc) is 2.37. The van der Waals surface area contributed by atoms with Gasteiger partial charge in [0.25, 0.3) is 5.69 Å². The fourth-order valence-electron chi connectivity index (χ4n) is 1.66. The van der Waals surface area contributed by atoms with Crippen molar-refractivity contribution in [2.24, 2.45) is 0 Å². The van der Waals surface area contributed by atoms with Crippen LogP contribution in [0.25, 0.3) is 0 Å². The minimum absolute atomic E-state index is 0.139. The van der Waals surface area contributed by atoms with E-state index in [1.807, 2.05) is 0 Å². The summed E-state index contributed by atoms with van der Waals surface area (Å²) < 4.78 is 26.0. The van der Waals surface area contributed by atoms with Crippen LogP contribution in [0.2, 0.25) is 0 Å². The molecule has 0 amide bonds. The largest absolute Gasteiger partial charge is 0.355 e. The van der Waals surface area contributed by atoms with E-state index in [4.69, 9.17) is 5.26 Å². The molecule has 0 aliphatic carbocycles. The maximum atomic E-state index is 13.0. The monoisotopic (exact) mass is 275 g/mol. The molecule has 7 heteroatoms. The van der Waals surface area contributed by atoms with Crippen molar-refractivity contribution in [2.45, 2.75) is 0 Å². The van der Waals surface area contributed by atoms with Crippen LogP contribution in [-0.4, -0.2) is 4.92 Å². The molecular formula is C13H7F2N3O2. The molecule has 0 aliphatic rings. The van der Waals surface area contributed by atoms with Gasteiger partial charge in [-0.3, -0.25) is 10.1 Å². The van der Waals surface area contributed by atoms with Gasteiger partial charge in [0.1, 0.15) is 23.3 Å². The zero-order valence-electron chi connectivity index (χ0n) is 9.93. The SMILES string of the molecule is N#Cc1cc(Nc2cc(F)cc(F)c2)ccc1[N+](=O)[O-]. The third-order valence-electron chi connectivity index (χ3n) is 2.46. The standard InChI is InChI=1S/C13H7F2N3O2/c14-9-4-10(15)6-12(5-9)17-11-1-2-13(18(19)20)8(3-11)7-16/h1-6,17H. The van der Waals surface area contributed by atoms with Gasteiger partial charge in [0.05, 0.1) is 4.92 Å². The van der Waals surface area contributed by atoms with Gasteiger partial charge < -0.3 is 5.32 Å². The van der Waals surface area contributed by atoms with Gasteiger partial charge >= 0.3 is 0 Å². The Bertz CT molecular complexity index is 706. The number of halogens is 2. The summed E-state index contributed by atoms with van der Waals surface area (Å²) in [6, 6.07) is 8.29. The molecule has 0 fully saturated rings. The molecule has 2 aromatic carbocycles. The summed E-state index contributed by atoms with van der Waals surface area (Å²) in [4.78, 5) is 10.00. The second kappa shape index (κ2) is 5.32. The molecular weight excluding hydrogens is 268 g/mol. The lowest BCUT2D eigenvalue weighted by atomic mass is 10.1. The smallest absolute Gasteiger partial charge is 0.287 e. The summed E-state index contributed by atoms with van der Waals surface area (Å²) in [5, 5.41) is 22.2. The van der Waals surface area contributed by atoms with E-state index in [1.54, 1.807) is 6.07 Å². The van der Waals surface area contributed by atoms with Gasteiger partial charge in [0.2, 0.25) is 0 Å². The maximum absolute atomic E-state index is 13.0. The van der Waals surface area contributed by atoms with E-state index in [-0.39, 0.29) is 16.9 Å². The summed E-state index contributed by atoms with van der Waals surface area (Å²) in [6.07, 6.45) is 0. The Morgan fingerprint density at radius 2 is 1.75 bits per heavy atom. The first kappa shape index (κ1) is 13.4. The van der Waals surface area contributed by atoms with E-state index in [0.717, 1.165) is 24.3 Å². The van der Waals surface area contributed by atoms with Crippen molar-refractivity contribution in [1.82, 2.24) is 0 Å². The van der Waals surface area contributed by atoms with Crippen molar-refractivity contribution >= 4 is 17.1 Å². The molecule has 0 heterocycles. The van der Waals surface area contributed by atoms with Crippen LogP contribution in [0.15, 0.2) is 36.4 Å². The molecule has 20 heavy (non-hydrogen) atoms. The van der Waals surface area contributed by atoms with Crippen LogP contribution < -0.4 is 5.32 Å². The zero-order valence-corrected chi connectivity index (χ0v) is 9.93. The van der Waals surface area contributed by atoms with Gasteiger partial charge in [0, 0.05) is 23.5 Å². The third kappa shape index (κ3) is 2.87. The molecule has 0 unspecified atom stereocenters. The quantitative estimate of drug-likeness (QED) is 0.687. The molecule has 0 spiro atoms. The highest BCUT2D eigenvalue weighted by atomic mass is 19.1. The molecule has 0 bridgehead atoms. The summed E-state index contributed by atoms with van der Waals surface area (Å²) in [7, 11) is 0. The minimum Gasteiger partial charge on any atom is -0.355 e. The number of rotatable bonds is 3. The Labute approximate surface area is 112 Å². The highest BCUT2D eigenvalue weighted by molar-refractivity contribution is 5.65. The third-order valence-corrected chi connectivity index (χ3v) is 2.46. The Balaban J connectivity index is 2.35. The molecule has 2 rings (SSSR count). The molecule has 2 aromatic rings. The molecule has 0 saturated heterocycles. The molecule has 0 atom stereocenters. The van der Waals surface area contributed by atoms with Gasteiger partial charge in [0.15, 0.2) is 0 Å². The lowest BCUT2D eigenvalue weighted by Crippen LogP contribution is -1.96. The van der Waals surface area contributed by atoms with Crippen molar-refractivity contribution in [1.29, 1.82) is 5.26 Å². The predicted octanol–water partition coefficient (Wildman–Crippen LogP) is 3.49. The zero-order chi connectivity index (χ0) is 14.7. The van der Waals surface area contributed by atoms with E-state index >= 15 is 0 Å². The van der Waals surface area contributed by atoms with Crippen molar-refractivity contribution in [3.05, 3.63) is 63.7 Å². The Morgan fingerprint density at radius 3 is 2.30 bits per heavy atom. The first-order valence-corrected chi connectivity index (χ1v) is 5.41. The highest BCUT2D eigenvalue weighted by Gasteiger charge is 2.13. The van der Waals surface area contributed by atoms with E-state index in [2.05, 4.69) is 5.32 Å². The lowest BCUT2D eigenvalue weighted by molar-refractivity contribution is -0.385. The summed E-state index contributed by atoms with van der Waals surface area (Å²) in [5.74, 6) is -1.51. The number of benzene rings is 2. The van der Waals surface area contributed by atoms with Crippen LogP contribution >= 0.6 is 0 Å². The number of anilines is 2. The van der Waals surface area contributed by atoms with Crippen LogP contribution in [0, 0.1) is 33.1 Å². The topological polar surface area (TPSA) is 79.0 Å². The second-order valence-corrected chi connectivity index (χ2v) is 3.88. The maximum Gasteiger partial charge on any atom is 0.287 e. The number of nitrogens with one attached hydrogen (secondary N) is 1. The van der Waals surface area contributed by atoms with E-state index in [9.17, 15) is 18.9 Å². The van der Waals surface area contributed by atoms with Gasteiger partial charge in [-0.15, -0.1) is 0 Å². The Hall–Kier alpha value is -3.01. The molecule has 5 nitrogen and oxygen atoms in total. The number of nitro groups is 1. The van der Waals surface area contributed by atoms with E-state index in [0.29, 0.717) is 5.69 Å². The molecule has 0 aromatic heterocycles. The number of nitro benzene ring substituents is 1. The first-order valence-electron chi connectivity index (χ1n) is 5.41. The van der Waals surface area contributed by atoms with E-state index < -0.39 is 16.6 Å². The first-order chi connectivity index (χ1) is 9.49. The second-order valence-electron chi connectivity index (χ2n) is 3.88. The van der Waals surface area contributed by atoms with Crippen LogP contribution in [0.4, 0.5) is 25.8 Å². The summed E-state index contributed by atoms with van der Waals surface area (Å²) in [6.45, 7) is 0. The van der Waals surface area contributed by atoms with Crippen LogP contribution in [0.5, 0.6) is 0 Å². The fourth-order valence-corrected chi connectivity index (χ4v) is 1.66. The predicted molar refractivity (Wildman–Crippen MR) is 67.5 cm³/mol. The summed E-state index contributed by atoms with van der Waals surface area (Å²) >= 11 is 0. The minimum atomic E-state index is -0.755. The lowest BCUT2D eigenvalue weighted by Gasteiger charge is -2.07. The van der Waals surface area contributed by atoms with Gasteiger partial charge in [-0.25, -0.2) is 8.78 Å². The molecule has 0 saturated carbocycles. The van der Waals surface area contributed by atoms with Crippen molar-refractivity contribution in [3.63, 3.8) is 0 Å². The summed E-state index contributed by atoms with van der Waals surface area (Å²) in [5.41, 5.74) is -0.0160. The van der Waals surface area contributed by atoms with E-state index in [1.165, 1.54) is 12.1 Å². The van der Waals surface area contributed by atoms with Gasteiger partial charge in [-0.2, -0.15) is 5.26 Å². The van der Waals surface area contributed by atoms with Gasteiger partial charge in [-0.1, -0.05) is 0 Å². The van der Waals surface area contributed by atoms with Crippen molar-refractivity contribution in [3.8, 4) is 6.07 Å². The van der Waals surface area contributed by atoms with Crippen LogP contribution in [0.3, 0.4) is 0 Å². The fraction of sp³-hybridized carbons (Fsp3) is 0. The highest BCUT2D eigenvalue weighted by Crippen LogP contribution is 2.25. The molecule has 0 aliphatic heterocycles. The Kier molecular flexibility index (Phi) is 3.57. The average molecular weight is 275 g/mol. The van der Waals surface area contributed by atoms with Crippen LogP contribution in [0.1, 0.15) is 5.56 Å². The number of nitrogens with zero attached hydrogens (tertiary/aromatic N) is 2. The number of hydrogen-bond donors (Lipinski definition) is 1. The number of hydrogen-bond acceptors (Lipinski definition) is 4. The molecule has 100 valence electrons. The molecule has 1 N–H and O–H groups in total. The van der Waals surface area contributed by atoms with Gasteiger partial charge in [-0.05, 0) is 24.3 Å². The Morgan fingerprint density at radius 1 is 1.10 bits per heavy atom. The van der Waals surface area contributed by atoms with Crippen molar-refractivity contribution < 1.29 is 13.7 Å². The number of nitriles is 1. The molecule has 0 radical (unpaired) electrons. The van der Waals surface area contributed by atoms with Crippen molar-refractivity contribution in [2.75, 3.05) is 5.32 Å². The van der Waals surface area contributed by atoms with Crippen LogP contribution in [-0.2, 0) is 0 Å².